The molecule has 0 saturated carbocycles. The van der Waals surface area contributed by atoms with Gasteiger partial charge in [0.15, 0.2) is 5.78 Å². The first-order chi connectivity index (χ1) is 12.4. The summed E-state index contributed by atoms with van der Waals surface area (Å²) in [6.07, 6.45) is 0. The number of anilines is 1. The second-order valence-electron chi connectivity index (χ2n) is 5.28. The lowest BCUT2D eigenvalue weighted by Gasteiger charge is -2.28. The van der Waals surface area contributed by atoms with E-state index >= 15 is 0 Å². The number of rotatable bonds is 9. The maximum atomic E-state index is 13.3. The average molecular weight is 399 g/mol. The molecule has 0 aliphatic rings. The zero-order valence-corrected chi connectivity index (χ0v) is 16.1. The first kappa shape index (κ1) is 20.4. The summed E-state index contributed by atoms with van der Waals surface area (Å²) in [7, 11) is -3.58. The van der Waals surface area contributed by atoms with E-state index in [4.69, 9.17) is 20.6 Å². The van der Waals surface area contributed by atoms with Gasteiger partial charge in [0.05, 0.1) is 18.1 Å². The number of non-ortho nitro benzene ring substituents is 1. The van der Waals surface area contributed by atoms with Crippen LogP contribution in [-0.2, 0) is 13.6 Å². The molecule has 1 unspecified atom stereocenters. The van der Waals surface area contributed by atoms with Crippen molar-refractivity contribution in [2.75, 3.05) is 18.5 Å². The summed E-state index contributed by atoms with van der Waals surface area (Å²) in [5, 5.41) is 14.6. The van der Waals surface area contributed by atoms with E-state index in [0.29, 0.717) is 16.3 Å². The van der Waals surface area contributed by atoms with Gasteiger partial charge in [-0.1, -0.05) is 11.6 Å². The van der Waals surface area contributed by atoms with Crippen LogP contribution in [0.25, 0.3) is 0 Å². The highest BCUT2D eigenvalue weighted by Crippen LogP contribution is 2.60. The Bertz CT molecular complexity index is 773. The predicted octanol–water partition coefficient (Wildman–Crippen LogP) is 5.63. The Morgan fingerprint density at radius 2 is 1.62 bits per heavy atom. The molecule has 0 fully saturated rings. The average Bonchev–Trinajstić information content (AvgIpc) is 2.61. The van der Waals surface area contributed by atoms with Crippen molar-refractivity contribution in [3.05, 3.63) is 69.2 Å². The quantitative estimate of drug-likeness (QED) is 0.334. The lowest BCUT2D eigenvalue weighted by Crippen LogP contribution is -2.15. The number of benzene rings is 2. The fourth-order valence-electron chi connectivity index (χ4n) is 2.37. The number of nitrogens with one attached hydrogen (secondary N) is 1. The molecule has 0 saturated heterocycles. The minimum absolute atomic E-state index is 0.0540. The van der Waals surface area contributed by atoms with Gasteiger partial charge in [0.25, 0.3) is 5.69 Å². The van der Waals surface area contributed by atoms with Crippen molar-refractivity contribution in [3.8, 4) is 0 Å². The van der Waals surface area contributed by atoms with Gasteiger partial charge in [0, 0.05) is 22.8 Å². The fourth-order valence-corrected chi connectivity index (χ4v) is 4.44. The Hall–Kier alpha value is -1.92. The standard InChI is InChI=1S/C17H20ClN2O5P/c1-3-24-26(23,25-4-2)17(19-15-9-7-14(18)8-10-15)13-5-11-16(12-6-13)20(21)22/h5-12,17,19H,3-4H2,1-2H3. The molecule has 2 rings (SSSR count). The normalized spacial score (nSPS) is 12.6. The summed E-state index contributed by atoms with van der Waals surface area (Å²) < 4.78 is 24.3. The summed E-state index contributed by atoms with van der Waals surface area (Å²) in [5.41, 5.74) is 1.16. The summed E-state index contributed by atoms with van der Waals surface area (Å²) >= 11 is 5.91. The molecule has 0 radical (unpaired) electrons. The van der Waals surface area contributed by atoms with Crippen molar-refractivity contribution >= 4 is 30.6 Å². The third-order valence-corrected chi connectivity index (χ3v) is 6.05. The lowest BCUT2D eigenvalue weighted by atomic mass is 10.2. The van der Waals surface area contributed by atoms with Crippen molar-refractivity contribution in [1.29, 1.82) is 0 Å². The highest BCUT2D eigenvalue weighted by Gasteiger charge is 2.37. The van der Waals surface area contributed by atoms with Crippen LogP contribution in [-0.4, -0.2) is 18.1 Å². The van der Waals surface area contributed by atoms with Gasteiger partial charge < -0.3 is 14.4 Å². The van der Waals surface area contributed by atoms with Crippen molar-refractivity contribution in [3.63, 3.8) is 0 Å². The van der Waals surface area contributed by atoms with Crippen LogP contribution < -0.4 is 5.32 Å². The highest BCUT2D eigenvalue weighted by molar-refractivity contribution is 7.54. The Labute approximate surface area is 157 Å². The molecule has 2 aromatic rings. The molecule has 2 aromatic carbocycles. The fraction of sp³-hybridized carbons (Fsp3) is 0.294. The van der Waals surface area contributed by atoms with Gasteiger partial charge in [-0.05, 0) is 55.8 Å². The third kappa shape index (κ3) is 5.05. The van der Waals surface area contributed by atoms with Gasteiger partial charge >= 0.3 is 7.60 Å². The monoisotopic (exact) mass is 398 g/mol. The molecule has 26 heavy (non-hydrogen) atoms. The smallest absolute Gasteiger partial charge is 0.357 e. The zero-order chi connectivity index (χ0) is 19.2. The van der Waals surface area contributed by atoms with E-state index in [-0.39, 0.29) is 18.9 Å². The highest BCUT2D eigenvalue weighted by atomic mass is 35.5. The van der Waals surface area contributed by atoms with Crippen LogP contribution in [0.4, 0.5) is 11.4 Å². The van der Waals surface area contributed by atoms with Gasteiger partial charge in [-0.2, -0.15) is 0 Å². The van der Waals surface area contributed by atoms with Crippen molar-refractivity contribution in [2.45, 2.75) is 19.6 Å². The maximum Gasteiger partial charge on any atom is 0.357 e. The Morgan fingerprint density at radius 1 is 1.08 bits per heavy atom. The van der Waals surface area contributed by atoms with E-state index in [1.807, 2.05) is 0 Å². The van der Waals surface area contributed by atoms with E-state index < -0.39 is 18.3 Å². The maximum absolute atomic E-state index is 13.3. The summed E-state index contributed by atoms with van der Waals surface area (Å²) in [6.45, 7) is 3.84. The topological polar surface area (TPSA) is 90.7 Å². The van der Waals surface area contributed by atoms with Crippen molar-refractivity contribution < 1.29 is 18.5 Å². The first-order valence-electron chi connectivity index (χ1n) is 8.05. The van der Waals surface area contributed by atoms with E-state index in [9.17, 15) is 14.7 Å². The number of nitro groups is 1. The van der Waals surface area contributed by atoms with Crippen LogP contribution in [0.1, 0.15) is 25.2 Å². The second-order valence-corrected chi connectivity index (χ2v) is 7.83. The minimum Gasteiger partial charge on any atom is -0.368 e. The SMILES string of the molecule is CCOP(=O)(OCC)C(Nc1ccc(Cl)cc1)c1ccc([N+](=O)[O-])cc1. The lowest BCUT2D eigenvalue weighted by molar-refractivity contribution is -0.384. The number of halogens is 1. The number of nitro benzene ring substituents is 1. The van der Waals surface area contributed by atoms with Crippen LogP contribution in [0.15, 0.2) is 48.5 Å². The molecule has 9 heteroatoms. The van der Waals surface area contributed by atoms with E-state index in [1.54, 1.807) is 38.1 Å². The molecule has 0 aliphatic heterocycles. The summed E-state index contributed by atoms with van der Waals surface area (Å²) in [4.78, 5) is 10.4. The second kappa shape index (κ2) is 9.14. The molecule has 0 aliphatic carbocycles. The molecule has 0 spiro atoms. The zero-order valence-electron chi connectivity index (χ0n) is 14.4. The third-order valence-electron chi connectivity index (χ3n) is 3.50. The molecule has 0 amide bonds. The van der Waals surface area contributed by atoms with Gasteiger partial charge in [0.2, 0.25) is 0 Å². The number of hydrogen-bond acceptors (Lipinski definition) is 6. The molecule has 0 aromatic heterocycles. The molecule has 140 valence electrons. The van der Waals surface area contributed by atoms with Crippen molar-refractivity contribution in [1.82, 2.24) is 0 Å². The first-order valence-corrected chi connectivity index (χ1v) is 10.0. The van der Waals surface area contributed by atoms with Gasteiger partial charge in [-0.25, -0.2) is 0 Å². The molecule has 0 bridgehead atoms. The predicted molar refractivity (Wildman–Crippen MR) is 102 cm³/mol. The molecular formula is C17H20ClN2O5P. The van der Waals surface area contributed by atoms with Gasteiger partial charge in [-0.3, -0.25) is 14.7 Å². The van der Waals surface area contributed by atoms with Crippen LogP contribution in [0.3, 0.4) is 0 Å². The van der Waals surface area contributed by atoms with E-state index in [2.05, 4.69) is 5.32 Å². The van der Waals surface area contributed by atoms with Crippen LogP contribution in [0.2, 0.25) is 5.02 Å². The van der Waals surface area contributed by atoms with Crippen LogP contribution >= 0.6 is 19.2 Å². The minimum atomic E-state index is -3.58. The molecular weight excluding hydrogens is 379 g/mol. The molecule has 1 atom stereocenters. The molecule has 7 nitrogen and oxygen atoms in total. The Kier molecular flexibility index (Phi) is 7.17. The number of hydrogen-bond donors (Lipinski definition) is 1. The molecule has 0 heterocycles. The van der Waals surface area contributed by atoms with Gasteiger partial charge in [-0.15, -0.1) is 0 Å². The summed E-state index contributed by atoms with van der Waals surface area (Å²) in [5.74, 6) is -0.829. The molecule has 1 N–H and O–H groups in total. The van der Waals surface area contributed by atoms with Gasteiger partial charge in [0.1, 0.15) is 0 Å². The van der Waals surface area contributed by atoms with E-state index in [1.165, 1.54) is 24.3 Å². The van der Waals surface area contributed by atoms with E-state index in [0.717, 1.165) is 0 Å². The Balaban J connectivity index is 2.43. The Morgan fingerprint density at radius 3 is 2.08 bits per heavy atom. The summed E-state index contributed by atoms with van der Waals surface area (Å²) in [6, 6.07) is 12.7. The number of nitrogens with zero attached hydrogens (tertiary/aromatic N) is 1. The van der Waals surface area contributed by atoms with Crippen LogP contribution in [0.5, 0.6) is 0 Å². The van der Waals surface area contributed by atoms with Crippen LogP contribution in [0, 0.1) is 10.1 Å². The van der Waals surface area contributed by atoms with Crippen molar-refractivity contribution in [2.24, 2.45) is 0 Å². The largest absolute Gasteiger partial charge is 0.368 e.